The van der Waals surface area contributed by atoms with Crippen molar-refractivity contribution in [3.05, 3.63) is 30.4 Å². The smallest absolute Gasteiger partial charge is 0.195 e. The van der Waals surface area contributed by atoms with Crippen molar-refractivity contribution in [2.24, 2.45) is 0 Å². The van der Waals surface area contributed by atoms with Crippen LogP contribution >= 0.6 is 0 Å². The molecular weight excluding hydrogens is 180 g/mol. The number of nitrogens with one attached hydrogen (secondary N) is 1. The summed E-state index contributed by atoms with van der Waals surface area (Å²) in [6.07, 6.45) is 5.10. The maximum Gasteiger partial charge on any atom is 0.195 e. The Morgan fingerprint density at radius 2 is 2.29 bits per heavy atom. The Hall–Kier alpha value is -1.75. The third-order valence-corrected chi connectivity index (χ3v) is 1.72. The highest BCUT2D eigenvalue weighted by atomic mass is 16.5. The second-order valence-corrected chi connectivity index (χ2v) is 2.74. The van der Waals surface area contributed by atoms with Gasteiger partial charge in [0.1, 0.15) is 0 Å². The van der Waals surface area contributed by atoms with Crippen LogP contribution in [0.5, 0.6) is 0 Å². The quantitative estimate of drug-likeness (QED) is 0.784. The zero-order chi connectivity index (χ0) is 9.80. The highest BCUT2D eigenvalue weighted by molar-refractivity contribution is 5.41. The lowest BCUT2D eigenvalue weighted by Crippen LogP contribution is -1.97. The van der Waals surface area contributed by atoms with Crippen molar-refractivity contribution in [2.75, 3.05) is 7.11 Å². The van der Waals surface area contributed by atoms with E-state index in [0.717, 1.165) is 5.69 Å². The van der Waals surface area contributed by atoms with E-state index in [4.69, 9.17) is 4.74 Å². The molecule has 0 saturated carbocycles. The number of methoxy groups -OCH3 is 1. The highest BCUT2D eigenvalue weighted by Crippen LogP contribution is 2.08. The van der Waals surface area contributed by atoms with Gasteiger partial charge in [-0.25, -0.2) is 15.0 Å². The van der Waals surface area contributed by atoms with Gasteiger partial charge in [-0.3, -0.25) is 0 Å². The number of aromatic amines is 1. The molecule has 0 saturated heterocycles. The van der Waals surface area contributed by atoms with Gasteiger partial charge in [0.05, 0.1) is 12.3 Å². The van der Waals surface area contributed by atoms with E-state index < -0.39 is 0 Å². The van der Waals surface area contributed by atoms with E-state index in [1.165, 1.54) is 0 Å². The molecule has 0 aromatic carbocycles. The van der Waals surface area contributed by atoms with E-state index in [1.54, 1.807) is 25.7 Å². The first-order valence-electron chi connectivity index (χ1n) is 4.21. The summed E-state index contributed by atoms with van der Waals surface area (Å²) >= 11 is 0. The molecule has 0 unspecified atom stereocenters. The number of ether oxygens (including phenoxy) is 1. The number of rotatable bonds is 3. The van der Waals surface area contributed by atoms with Crippen LogP contribution in [0.3, 0.4) is 0 Å². The molecule has 0 radical (unpaired) electrons. The van der Waals surface area contributed by atoms with E-state index in [1.807, 2.05) is 6.07 Å². The maximum absolute atomic E-state index is 4.98. The summed E-state index contributed by atoms with van der Waals surface area (Å²) in [5.41, 5.74) is 0.842. The van der Waals surface area contributed by atoms with Gasteiger partial charge in [-0.15, -0.1) is 0 Å². The Balaban J connectivity index is 2.31. The molecular formula is C9H10N4O. The summed E-state index contributed by atoms with van der Waals surface area (Å²) in [5.74, 6) is 1.26. The Morgan fingerprint density at radius 3 is 3.00 bits per heavy atom. The number of nitrogens with zero attached hydrogens (tertiary/aromatic N) is 3. The molecule has 72 valence electrons. The Labute approximate surface area is 81.2 Å². The standard InChI is InChI=1S/C9H10N4O/c1-14-6-7-2-3-10-9(13-7)8-11-4-5-12-8/h2-5H,6H2,1H3,(H,11,12). The van der Waals surface area contributed by atoms with Crippen molar-refractivity contribution in [3.8, 4) is 11.6 Å². The SMILES string of the molecule is COCc1ccnc(-c2ncc[nH]2)n1. The van der Waals surface area contributed by atoms with Gasteiger partial charge < -0.3 is 9.72 Å². The van der Waals surface area contributed by atoms with Crippen molar-refractivity contribution >= 4 is 0 Å². The summed E-state index contributed by atoms with van der Waals surface area (Å²) in [6, 6.07) is 1.82. The lowest BCUT2D eigenvalue weighted by atomic mass is 10.4. The van der Waals surface area contributed by atoms with Gasteiger partial charge in [-0.05, 0) is 6.07 Å². The minimum absolute atomic E-state index is 0.482. The molecule has 0 bridgehead atoms. The predicted octanol–water partition coefficient (Wildman–Crippen LogP) is 1.01. The van der Waals surface area contributed by atoms with Gasteiger partial charge >= 0.3 is 0 Å². The number of aromatic nitrogens is 4. The minimum Gasteiger partial charge on any atom is -0.378 e. The van der Waals surface area contributed by atoms with Crippen LogP contribution in [0.25, 0.3) is 11.6 Å². The van der Waals surface area contributed by atoms with E-state index in [9.17, 15) is 0 Å². The van der Waals surface area contributed by atoms with Crippen LogP contribution in [0, 0.1) is 0 Å². The third-order valence-electron chi connectivity index (χ3n) is 1.72. The lowest BCUT2D eigenvalue weighted by molar-refractivity contribution is 0.181. The van der Waals surface area contributed by atoms with Crippen LogP contribution in [0.15, 0.2) is 24.7 Å². The molecule has 2 rings (SSSR count). The van der Waals surface area contributed by atoms with Gasteiger partial charge in [0.15, 0.2) is 11.6 Å². The summed E-state index contributed by atoms with van der Waals surface area (Å²) < 4.78 is 4.98. The molecule has 2 aromatic rings. The molecule has 0 atom stereocenters. The van der Waals surface area contributed by atoms with E-state index >= 15 is 0 Å². The van der Waals surface area contributed by atoms with Crippen molar-refractivity contribution in [1.29, 1.82) is 0 Å². The predicted molar refractivity (Wildman–Crippen MR) is 50.3 cm³/mol. The highest BCUT2D eigenvalue weighted by Gasteiger charge is 2.03. The summed E-state index contributed by atoms with van der Waals surface area (Å²) in [6.45, 7) is 0.482. The Morgan fingerprint density at radius 1 is 1.36 bits per heavy atom. The van der Waals surface area contributed by atoms with Crippen molar-refractivity contribution in [3.63, 3.8) is 0 Å². The van der Waals surface area contributed by atoms with Gasteiger partial charge in [-0.2, -0.15) is 0 Å². The van der Waals surface area contributed by atoms with Crippen LogP contribution in [-0.2, 0) is 11.3 Å². The van der Waals surface area contributed by atoms with Gasteiger partial charge in [0.25, 0.3) is 0 Å². The van der Waals surface area contributed by atoms with Crippen LogP contribution in [0.1, 0.15) is 5.69 Å². The number of imidazole rings is 1. The van der Waals surface area contributed by atoms with E-state index in [2.05, 4.69) is 19.9 Å². The second kappa shape index (κ2) is 3.97. The second-order valence-electron chi connectivity index (χ2n) is 2.74. The van der Waals surface area contributed by atoms with E-state index in [-0.39, 0.29) is 0 Å². The molecule has 1 N–H and O–H groups in total. The fraction of sp³-hybridized carbons (Fsp3) is 0.222. The molecule has 5 nitrogen and oxygen atoms in total. The number of hydrogen-bond acceptors (Lipinski definition) is 4. The summed E-state index contributed by atoms with van der Waals surface area (Å²) in [7, 11) is 1.63. The monoisotopic (exact) mass is 190 g/mol. The van der Waals surface area contributed by atoms with E-state index in [0.29, 0.717) is 18.3 Å². The van der Waals surface area contributed by atoms with Crippen LogP contribution in [0.4, 0.5) is 0 Å². The normalized spacial score (nSPS) is 10.4. The van der Waals surface area contributed by atoms with Crippen molar-refractivity contribution in [1.82, 2.24) is 19.9 Å². The number of H-pyrrole nitrogens is 1. The molecule has 0 fully saturated rings. The Kier molecular flexibility index (Phi) is 2.51. The molecule has 2 aromatic heterocycles. The average molecular weight is 190 g/mol. The largest absolute Gasteiger partial charge is 0.378 e. The molecule has 0 aliphatic heterocycles. The van der Waals surface area contributed by atoms with Gasteiger partial charge in [0.2, 0.25) is 0 Å². The lowest BCUT2D eigenvalue weighted by Gasteiger charge is -1.99. The molecule has 0 aliphatic carbocycles. The first-order valence-corrected chi connectivity index (χ1v) is 4.21. The average Bonchev–Trinajstić information content (AvgIpc) is 2.71. The van der Waals surface area contributed by atoms with Crippen molar-refractivity contribution in [2.45, 2.75) is 6.61 Å². The zero-order valence-corrected chi connectivity index (χ0v) is 7.77. The maximum atomic E-state index is 4.98. The number of hydrogen-bond donors (Lipinski definition) is 1. The van der Waals surface area contributed by atoms with Crippen LogP contribution < -0.4 is 0 Å². The third kappa shape index (κ3) is 1.77. The fourth-order valence-electron chi connectivity index (χ4n) is 1.13. The first-order chi connectivity index (χ1) is 6.90. The molecule has 0 amide bonds. The molecule has 0 spiro atoms. The van der Waals surface area contributed by atoms with Gasteiger partial charge in [0, 0.05) is 25.7 Å². The van der Waals surface area contributed by atoms with Crippen LogP contribution in [0.2, 0.25) is 0 Å². The summed E-state index contributed by atoms with van der Waals surface area (Å²) in [4.78, 5) is 15.4. The summed E-state index contributed by atoms with van der Waals surface area (Å²) in [5, 5.41) is 0. The van der Waals surface area contributed by atoms with Crippen LogP contribution in [-0.4, -0.2) is 27.0 Å². The fourth-order valence-corrected chi connectivity index (χ4v) is 1.13. The molecule has 0 aliphatic rings. The molecule has 14 heavy (non-hydrogen) atoms. The first kappa shape index (κ1) is 8.83. The molecule has 5 heteroatoms. The molecule has 2 heterocycles. The Bertz CT molecular complexity index is 399. The minimum atomic E-state index is 0.482. The zero-order valence-electron chi connectivity index (χ0n) is 7.77. The van der Waals surface area contributed by atoms with Crippen molar-refractivity contribution < 1.29 is 4.74 Å². The topological polar surface area (TPSA) is 63.7 Å². The van der Waals surface area contributed by atoms with Gasteiger partial charge in [-0.1, -0.05) is 0 Å².